The van der Waals surface area contributed by atoms with Crippen LogP contribution in [0.5, 0.6) is 0 Å². The summed E-state index contributed by atoms with van der Waals surface area (Å²) in [6, 6.07) is 53.4. The molecule has 45 heavy (non-hydrogen) atoms. The number of para-hydroxylation sites is 2. The Morgan fingerprint density at radius 2 is 1.16 bits per heavy atom. The fraction of sp³-hybridized carbons (Fsp3) is 0. The van der Waals surface area contributed by atoms with E-state index in [1.165, 1.54) is 37.0 Å². The van der Waals surface area contributed by atoms with E-state index in [2.05, 4.69) is 144 Å². The van der Waals surface area contributed by atoms with Crippen LogP contribution in [-0.2, 0) is 0 Å². The number of fused-ring (bicyclic) bond motifs is 6. The molecule has 0 spiro atoms. The maximum absolute atomic E-state index is 6.52. The molecular formula is C41H26N2OS. The van der Waals surface area contributed by atoms with Crippen LogP contribution in [0.2, 0.25) is 0 Å². The SMILES string of the molecule is c1ccc(-c2ccc(N(c3ccc(-c4ccnc5c4sc4ccccc45)cc3)c3cccc4c3oc3ccccc34)cc2)cc1. The number of benzene rings is 6. The van der Waals surface area contributed by atoms with E-state index in [4.69, 9.17) is 9.40 Å². The minimum Gasteiger partial charge on any atom is -0.454 e. The van der Waals surface area contributed by atoms with Gasteiger partial charge < -0.3 is 9.32 Å². The Hall–Kier alpha value is -5.71. The predicted molar refractivity (Wildman–Crippen MR) is 190 cm³/mol. The topological polar surface area (TPSA) is 29.3 Å². The molecule has 0 amide bonds. The van der Waals surface area contributed by atoms with E-state index >= 15 is 0 Å². The lowest BCUT2D eigenvalue weighted by Gasteiger charge is -2.26. The molecule has 0 N–H and O–H groups in total. The van der Waals surface area contributed by atoms with Gasteiger partial charge in [0.25, 0.3) is 0 Å². The highest BCUT2D eigenvalue weighted by Crippen LogP contribution is 2.44. The predicted octanol–water partition coefficient (Wildman–Crippen LogP) is 12.2. The number of pyridine rings is 1. The number of nitrogens with zero attached hydrogens (tertiary/aromatic N) is 2. The summed E-state index contributed by atoms with van der Waals surface area (Å²) in [5.41, 5.74) is 10.7. The molecule has 0 aliphatic heterocycles. The summed E-state index contributed by atoms with van der Waals surface area (Å²) in [6.07, 6.45) is 1.92. The van der Waals surface area contributed by atoms with E-state index in [9.17, 15) is 0 Å². The first-order valence-electron chi connectivity index (χ1n) is 15.0. The fourth-order valence-corrected chi connectivity index (χ4v) is 7.59. The second kappa shape index (κ2) is 10.5. The first kappa shape index (κ1) is 25.8. The van der Waals surface area contributed by atoms with Gasteiger partial charge in [0, 0.05) is 44.0 Å². The maximum atomic E-state index is 6.52. The van der Waals surface area contributed by atoms with Crippen LogP contribution >= 0.6 is 11.3 Å². The molecule has 9 aromatic rings. The summed E-state index contributed by atoms with van der Waals surface area (Å²) >= 11 is 1.80. The van der Waals surface area contributed by atoms with E-state index in [-0.39, 0.29) is 0 Å². The minimum atomic E-state index is 0.871. The number of rotatable bonds is 5. The lowest BCUT2D eigenvalue weighted by Crippen LogP contribution is -2.10. The second-order valence-electron chi connectivity index (χ2n) is 11.2. The summed E-state index contributed by atoms with van der Waals surface area (Å²) in [7, 11) is 0. The van der Waals surface area contributed by atoms with Crippen molar-refractivity contribution in [1.29, 1.82) is 0 Å². The molecule has 0 radical (unpaired) electrons. The van der Waals surface area contributed by atoms with Gasteiger partial charge >= 0.3 is 0 Å². The quantitative estimate of drug-likeness (QED) is 0.198. The van der Waals surface area contributed by atoms with Crippen molar-refractivity contribution in [3.8, 4) is 22.3 Å². The molecular weight excluding hydrogens is 569 g/mol. The van der Waals surface area contributed by atoms with E-state index in [0.717, 1.165) is 44.5 Å². The van der Waals surface area contributed by atoms with Crippen molar-refractivity contribution < 1.29 is 4.42 Å². The van der Waals surface area contributed by atoms with Crippen LogP contribution in [0.4, 0.5) is 17.1 Å². The Morgan fingerprint density at radius 1 is 0.511 bits per heavy atom. The number of aromatic nitrogens is 1. The Morgan fingerprint density at radius 3 is 1.96 bits per heavy atom. The van der Waals surface area contributed by atoms with Crippen molar-refractivity contribution in [1.82, 2.24) is 4.98 Å². The average Bonchev–Trinajstić information content (AvgIpc) is 3.69. The van der Waals surface area contributed by atoms with Gasteiger partial charge in [-0.15, -0.1) is 11.3 Å². The standard InChI is InChI=1S/C41H26N2OS/c1-2-9-27(10-3-1)28-17-21-30(22-18-28)43(36-14-8-13-34-33-11-4-6-15-37(33)44-40(34)36)31-23-19-29(20-24-31)32-25-26-42-39-35-12-5-7-16-38(35)45-41(32)39/h1-26H. The average molecular weight is 595 g/mol. The normalized spacial score (nSPS) is 11.6. The van der Waals surface area contributed by atoms with Gasteiger partial charge in [0.2, 0.25) is 0 Å². The smallest absolute Gasteiger partial charge is 0.159 e. The van der Waals surface area contributed by atoms with E-state index in [1.807, 2.05) is 18.3 Å². The largest absolute Gasteiger partial charge is 0.454 e. The molecule has 6 aromatic carbocycles. The molecule has 0 atom stereocenters. The molecule has 0 saturated carbocycles. The monoisotopic (exact) mass is 594 g/mol. The van der Waals surface area contributed by atoms with Gasteiger partial charge in [-0.2, -0.15) is 0 Å². The van der Waals surface area contributed by atoms with Crippen molar-refractivity contribution >= 4 is 70.6 Å². The van der Waals surface area contributed by atoms with Gasteiger partial charge in [-0.25, -0.2) is 0 Å². The Balaban J connectivity index is 1.19. The van der Waals surface area contributed by atoms with Crippen LogP contribution < -0.4 is 4.90 Å². The van der Waals surface area contributed by atoms with Crippen molar-refractivity contribution in [2.24, 2.45) is 0 Å². The summed E-state index contributed by atoms with van der Waals surface area (Å²) in [5.74, 6) is 0. The summed E-state index contributed by atoms with van der Waals surface area (Å²) in [5, 5.41) is 3.43. The molecule has 3 heterocycles. The van der Waals surface area contributed by atoms with Crippen LogP contribution in [0.1, 0.15) is 0 Å². The number of furan rings is 1. The molecule has 212 valence electrons. The van der Waals surface area contributed by atoms with Crippen LogP contribution in [0, 0.1) is 0 Å². The summed E-state index contributed by atoms with van der Waals surface area (Å²) in [6.45, 7) is 0. The van der Waals surface area contributed by atoms with Gasteiger partial charge in [0.15, 0.2) is 5.58 Å². The molecule has 3 aromatic heterocycles. The molecule has 0 aliphatic rings. The number of anilines is 3. The lowest BCUT2D eigenvalue weighted by molar-refractivity contribution is 0.669. The van der Waals surface area contributed by atoms with Gasteiger partial charge in [-0.3, -0.25) is 4.98 Å². The zero-order chi connectivity index (χ0) is 29.7. The summed E-state index contributed by atoms with van der Waals surface area (Å²) in [4.78, 5) is 7.04. The van der Waals surface area contributed by atoms with Crippen LogP contribution in [0.3, 0.4) is 0 Å². The Labute approximate surface area is 264 Å². The fourth-order valence-electron chi connectivity index (χ4n) is 6.39. The van der Waals surface area contributed by atoms with E-state index in [0.29, 0.717) is 0 Å². The summed E-state index contributed by atoms with van der Waals surface area (Å²) < 4.78 is 9.00. The van der Waals surface area contributed by atoms with Gasteiger partial charge in [-0.1, -0.05) is 103 Å². The third kappa shape index (κ3) is 4.30. The lowest BCUT2D eigenvalue weighted by atomic mass is 10.0. The molecule has 4 heteroatoms. The Kier molecular flexibility index (Phi) is 6.00. The molecule has 3 nitrogen and oxygen atoms in total. The molecule has 9 rings (SSSR count). The molecule has 0 bridgehead atoms. The zero-order valence-corrected chi connectivity index (χ0v) is 25.0. The van der Waals surface area contributed by atoms with E-state index in [1.54, 1.807) is 11.3 Å². The van der Waals surface area contributed by atoms with Gasteiger partial charge in [0.1, 0.15) is 5.58 Å². The van der Waals surface area contributed by atoms with Crippen LogP contribution in [0.15, 0.2) is 162 Å². The second-order valence-corrected chi connectivity index (χ2v) is 12.2. The zero-order valence-electron chi connectivity index (χ0n) is 24.2. The number of hydrogen-bond donors (Lipinski definition) is 0. The number of thiophene rings is 1. The first-order chi connectivity index (χ1) is 22.3. The maximum Gasteiger partial charge on any atom is 0.159 e. The van der Waals surface area contributed by atoms with E-state index < -0.39 is 0 Å². The Bertz CT molecular complexity index is 2480. The highest BCUT2D eigenvalue weighted by Gasteiger charge is 2.20. The van der Waals surface area contributed by atoms with Crippen molar-refractivity contribution in [3.05, 3.63) is 158 Å². The highest BCUT2D eigenvalue weighted by molar-refractivity contribution is 7.26. The van der Waals surface area contributed by atoms with Crippen molar-refractivity contribution in [2.75, 3.05) is 4.90 Å². The minimum absolute atomic E-state index is 0.871. The number of hydrogen-bond acceptors (Lipinski definition) is 4. The van der Waals surface area contributed by atoms with Gasteiger partial charge in [-0.05, 0) is 65.2 Å². The molecule has 0 fully saturated rings. The molecule has 0 unspecified atom stereocenters. The third-order valence-corrected chi connectivity index (χ3v) is 9.75. The van der Waals surface area contributed by atoms with Crippen LogP contribution in [0.25, 0.3) is 64.5 Å². The van der Waals surface area contributed by atoms with Crippen molar-refractivity contribution in [3.63, 3.8) is 0 Å². The third-order valence-electron chi connectivity index (χ3n) is 8.55. The molecule has 0 aliphatic carbocycles. The van der Waals surface area contributed by atoms with Crippen LogP contribution in [-0.4, -0.2) is 4.98 Å². The molecule has 0 saturated heterocycles. The van der Waals surface area contributed by atoms with Crippen molar-refractivity contribution in [2.45, 2.75) is 0 Å². The first-order valence-corrected chi connectivity index (χ1v) is 15.9. The highest BCUT2D eigenvalue weighted by atomic mass is 32.1. The van der Waals surface area contributed by atoms with Gasteiger partial charge in [0.05, 0.1) is 15.9 Å².